The Labute approximate surface area is 81.4 Å². The van der Waals surface area contributed by atoms with E-state index in [9.17, 15) is 9.59 Å². The van der Waals surface area contributed by atoms with Gasteiger partial charge in [0.1, 0.15) is 0 Å². The van der Waals surface area contributed by atoms with Crippen LogP contribution < -0.4 is 11.3 Å². The van der Waals surface area contributed by atoms with Crippen LogP contribution in [0.2, 0.25) is 0 Å². The van der Waals surface area contributed by atoms with Crippen molar-refractivity contribution in [1.29, 1.82) is 0 Å². The minimum absolute atomic E-state index is 0.1000. The Morgan fingerprint density at radius 2 is 2.36 bits per heavy atom. The van der Waals surface area contributed by atoms with Gasteiger partial charge in [-0.3, -0.25) is 9.59 Å². The summed E-state index contributed by atoms with van der Waals surface area (Å²) in [5, 5.41) is 0. The topological polar surface area (TPSA) is 76.0 Å². The van der Waals surface area contributed by atoms with Gasteiger partial charge < -0.3 is 10.7 Å². The Kier molecular flexibility index (Phi) is 3.23. The molecule has 14 heavy (non-hydrogen) atoms. The predicted molar refractivity (Wildman–Crippen MR) is 54.6 cm³/mol. The lowest BCUT2D eigenvalue weighted by atomic mass is 10.2. The van der Waals surface area contributed by atoms with Crippen molar-refractivity contribution in [3.05, 3.63) is 39.8 Å². The second kappa shape index (κ2) is 4.41. The van der Waals surface area contributed by atoms with Crippen LogP contribution in [0.3, 0.4) is 0 Å². The highest BCUT2D eigenvalue weighted by atomic mass is 16.1. The van der Waals surface area contributed by atoms with Crippen molar-refractivity contribution in [3.63, 3.8) is 0 Å². The third-order valence-corrected chi connectivity index (χ3v) is 1.74. The molecular formula is C10H12N2O2. The molecule has 0 bridgehead atoms. The molecule has 0 fully saturated rings. The molecule has 1 aromatic rings. The molecule has 0 aliphatic carbocycles. The van der Waals surface area contributed by atoms with Crippen molar-refractivity contribution in [2.24, 2.45) is 5.73 Å². The molecule has 0 radical (unpaired) electrons. The maximum absolute atomic E-state index is 11.0. The molecule has 0 aromatic carbocycles. The SMILES string of the molecule is Cc1cc(C=CCC(N)=O)c[nH]c1=O. The van der Waals surface area contributed by atoms with Gasteiger partial charge in [0.05, 0.1) is 0 Å². The second-order valence-corrected chi connectivity index (χ2v) is 3.02. The molecule has 74 valence electrons. The van der Waals surface area contributed by atoms with Gasteiger partial charge in [-0.2, -0.15) is 0 Å². The van der Waals surface area contributed by atoms with Crippen LogP contribution in [0.15, 0.2) is 23.1 Å². The van der Waals surface area contributed by atoms with Crippen molar-refractivity contribution in [2.75, 3.05) is 0 Å². The molecule has 0 atom stereocenters. The first kappa shape index (κ1) is 10.2. The lowest BCUT2D eigenvalue weighted by molar-refractivity contribution is -0.117. The molecule has 4 nitrogen and oxygen atoms in total. The van der Waals surface area contributed by atoms with Crippen LogP contribution in [0.1, 0.15) is 17.5 Å². The number of rotatable bonds is 3. The molecule has 1 heterocycles. The van der Waals surface area contributed by atoms with E-state index in [2.05, 4.69) is 4.98 Å². The molecule has 1 rings (SSSR count). The van der Waals surface area contributed by atoms with E-state index in [4.69, 9.17) is 5.73 Å². The van der Waals surface area contributed by atoms with Gasteiger partial charge in [-0.25, -0.2) is 0 Å². The highest BCUT2D eigenvalue weighted by Crippen LogP contribution is 2.00. The van der Waals surface area contributed by atoms with Crippen molar-refractivity contribution in [2.45, 2.75) is 13.3 Å². The predicted octanol–water partition coefficient (Wildman–Crippen LogP) is 0.572. The van der Waals surface area contributed by atoms with Crippen molar-refractivity contribution in [3.8, 4) is 0 Å². The fourth-order valence-electron chi connectivity index (χ4n) is 1.03. The number of nitrogens with two attached hydrogens (primary N) is 1. The summed E-state index contributed by atoms with van der Waals surface area (Å²) in [7, 11) is 0. The van der Waals surface area contributed by atoms with Gasteiger partial charge in [-0.15, -0.1) is 0 Å². The van der Waals surface area contributed by atoms with E-state index < -0.39 is 0 Å². The summed E-state index contributed by atoms with van der Waals surface area (Å²) >= 11 is 0. The van der Waals surface area contributed by atoms with E-state index in [1.165, 1.54) is 0 Å². The van der Waals surface area contributed by atoms with Crippen molar-refractivity contribution < 1.29 is 4.79 Å². The number of amides is 1. The third kappa shape index (κ3) is 2.90. The van der Waals surface area contributed by atoms with E-state index in [0.29, 0.717) is 5.56 Å². The van der Waals surface area contributed by atoms with E-state index >= 15 is 0 Å². The molecule has 0 aliphatic rings. The zero-order valence-electron chi connectivity index (χ0n) is 7.91. The Morgan fingerprint density at radius 1 is 1.64 bits per heavy atom. The van der Waals surface area contributed by atoms with Crippen LogP contribution in [0.4, 0.5) is 0 Å². The fourth-order valence-corrected chi connectivity index (χ4v) is 1.03. The monoisotopic (exact) mass is 192 g/mol. The van der Waals surface area contributed by atoms with E-state index in [0.717, 1.165) is 5.56 Å². The van der Waals surface area contributed by atoms with Crippen LogP contribution in [-0.2, 0) is 4.79 Å². The first-order chi connectivity index (χ1) is 6.59. The maximum atomic E-state index is 11.0. The van der Waals surface area contributed by atoms with Gasteiger partial charge in [0.2, 0.25) is 5.91 Å². The largest absolute Gasteiger partial charge is 0.369 e. The number of aromatic amines is 1. The minimum atomic E-state index is -0.373. The summed E-state index contributed by atoms with van der Waals surface area (Å²) in [6.45, 7) is 1.73. The molecule has 0 saturated heterocycles. The highest BCUT2D eigenvalue weighted by Gasteiger charge is 1.93. The number of primary amides is 1. The highest BCUT2D eigenvalue weighted by molar-refractivity contribution is 5.76. The summed E-state index contributed by atoms with van der Waals surface area (Å²) in [6, 6.07) is 1.75. The normalized spacial score (nSPS) is 10.6. The number of aromatic nitrogens is 1. The van der Waals surface area contributed by atoms with E-state index in [-0.39, 0.29) is 17.9 Å². The number of nitrogens with one attached hydrogen (secondary N) is 1. The van der Waals surface area contributed by atoms with Gasteiger partial charge in [-0.1, -0.05) is 12.2 Å². The molecule has 3 N–H and O–H groups in total. The minimum Gasteiger partial charge on any atom is -0.369 e. The number of pyridine rings is 1. The van der Waals surface area contributed by atoms with E-state index in [1.54, 1.807) is 31.3 Å². The molecule has 0 unspecified atom stereocenters. The number of hydrogen-bond donors (Lipinski definition) is 2. The first-order valence-electron chi connectivity index (χ1n) is 4.24. The Bertz CT molecular complexity index is 418. The van der Waals surface area contributed by atoms with Crippen LogP contribution in [0, 0.1) is 6.92 Å². The average Bonchev–Trinajstić information content (AvgIpc) is 2.10. The molecule has 1 aromatic heterocycles. The van der Waals surface area contributed by atoms with Crippen molar-refractivity contribution in [1.82, 2.24) is 4.98 Å². The molecule has 4 heteroatoms. The molecule has 0 saturated carbocycles. The number of carbonyl (C=O) groups is 1. The molecule has 0 aliphatic heterocycles. The number of aryl methyl sites for hydroxylation is 1. The second-order valence-electron chi connectivity index (χ2n) is 3.02. The van der Waals surface area contributed by atoms with Crippen LogP contribution in [-0.4, -0.2) is 10.9 Å². The molecular weight excluding hydrogens is 180 g/mol. The Morgan fingerprint density at radius 3 is 2.93 bits per heavy atom. The smallest absolute Gasteiger partial charge is 0.250 e. The molecule has 1 amide bonds. The summed E-state index contributed by atoms with van der Waals surface area (Å²) in [5.74, 6) is -0.373. The van der Waals surface area contributed by atoms with Gasteiger partial charge in [0.25, 0.3) is 5.56 Å². The summed E-state index contributed by atoms with van der Waals surface area (Å²) in [5.41, 5.74) is 6.36. The summed E-state index contributed by atoms with van der Waals surface area (Å²) in [6.07, 6.45) is 5.20. The van der Waals surface area contributed by atoms with E-state index in [1.807, 2.05) is 0 Å². The van der Waals surface area contributed by atoms with Gasteiger partial charge >= 0.3 is 0 Å². The molecule has 0 spiro atoms. The third-order valence-electron chi connectivity index (χ3n) is 1.74. The van der Waals surface area contributed by atoms with Gasteiger partial charge in [0, 0.05) is 18.2 Å². The zero-order valence-corrected chi connectivity index (χ0v) is 7.91. The van der Waals surface area contributed by atoms with Crippen LogP contribution >= 0.6 is 0 Å². The first-order valence-corrected chi connectivity index (χ1v) is 4.24. The van der Waals surface area contributed by atoms with Crippen LogP contribution in [0.5, 0.6) is 0 Å². The Hall–Kier alpha value is -1.84. The Balaban J connectivity index is 2.78. The number of hydrogen-bond acceptors (Lipinski definition) is 2. The summed E-state index contributed by atoms with van der Waals surface area (Å²) in [4.78, 5) is 24.0. The average molecular weight is 192 g/mol. The maximum Gasteiger partial charge on any atom is 0.250 e. The standard InChI is InChI=1S/C10H12N2O2/c1-7-5-8(6-12-10(7)14)3-2-4-9(11)13/h2-3,5-6H,4H2,1H3,(H2,11,13)(H,12,14). The lowest BCUT2D eigenvalue weighted by Gasteiger charge is -1.94. The summed E-state index contributed by atoms with van der Waals surface area (Å²) < 4.78 is 0. The zero-order chi connectivity index (χ0) is 10.6. The lowest BCUT2D eigenvalue weighted by Crippen LogP contribution is -2.08. The van der Waals surface area contributed by atoms with Gasteiger partial charge in [0.15, 0.2) is 0 Å². The van der Waals surface area contributed by atoms with Crippen molar-refractivity contribution >= 4 is 12.0 Å². The van der Waals surface area contributed by atoms with Gasteiger partial charge in [-0.05, 0) is 18.6 Å². The number of H-pyrrole nitrogens is 1. The quantitative estimate of drug-likeness (QED) is 0.734. The van der Waals surface area contributed by atoms with Crippen LogP contribution in [0.25, 0.3) is 6.08 Å². The number of carbonyl (C=O) groups excluding carboxylic acids is 1. The fraction of sp³-hybridized carbons (Fsp3) is 0.200.